The second-order valence-corrected chi connectivity index (χ2v) is 8.91. The first-order valence-electron chi connectivity index (χ1n) is 10.8. The van der Waals surface area contributed by atoms with Crippen molar-refractivity contribution in [3.63, 3.8) is 0 Å². The number of pyridine rings is 1. The Morgan fingerprint density at radius 3 is 2.57 bits per heavy atom. The van der Waals surface area contributed by atoms with Crippen molar-refractivity contribution in [3.8, 4) is 0 Å². The van der Waals surface area contributed by atoms with Crippen LogP contribution in [-0.2, 0) is 4.79 Å². The number of carbonyl (C=O) groups excluding carboxylic acids is 1. The minimum atomic E-state index is 0.250. The van der Waals surface area contributed by atoms with Gasteiger partial charge in [0.1, 0.15) is 0 Å². The minimum absolute atomic E-state index is 0.250. The van der Waals surface area contributed by atoms with E-state index in [0.717, 1.165) is 54.6 Å². The quantitative estimate of drug-likeness (QED) is 0.655. The van der Waals surface area contributed by atoms with Crippen LogP contribution in [-0.4, -0.2) is 23.0 Å². The summed E-state index contributed by atoms with van der Waals surface area (Å²) in [6, 6.07) is 8.65. The van der Waals surface area contributed by atoms with Gasteiger partial charge in [-0.3, -0.25) is 9.78 Å². The zero-order valence-corrected chi connectivity index (χ0v) is 17.2. The second-order valence-electron chi connectivity index (χ2n) is 8.47. The lowest BCUT2D eigenvalue weighted by molar-refractivity contribution is -0.122. The molecule has 0 radical (unpaired) electrons. The van der Waals surface area contributed by atoms with E-state index in [-0.39, 0.29) is 5.91 Å². The van der Waals surface area contributed by atoms with E-state index in [9.17, 15) is 4.79 Å². The van der Waals surface area contributed by atoms with Crippen molar-refractivity contribution in [2.24, 2.45) is 5.92 Å². The van der Waals surface area contributed by atoms with Crippen LogP contribution in [0.4, 0.5) is 5.69 Å². The number of nitrogens with one attached hydrogen (secondary N) is 2. The highest BCUT2D eigenvalue weighted by Gasteiger charge is 2.23. The summed E-state index contributed by atoms with van der Waals surface area (Å²) in [5, 5.41) is 8.77. The first-order valence-corrected chi connectivity index (χ1v) is 11.2. The van der Waals surface area contributed by atoms with Crippen LogP contribution in [0.1, 0.15) is 64.2 Å². The van der Waals surface area contributed by atoms with Gasteiger partial charge >= 0.3 is 0 Å². The van der Waals surface area contributed by atoms with E-state index >= 15 is 0 Å². The molecule has 2 fully saturated rings. The molecule has 1 heterocycles. The molecule has 0 saturated heterocycles. The number of rotatable bonds is 6. The molecular weight excluding hydrogens is 370 g/mol. The minimum Gasteiger partial charge on any atom is -0.382 e. The molecule has 0 aliphatic heterocycles. The van der Waals surface area contributed by atoms with Gasteiger partial charge in [-0.25, -0.2) is 0 Å². The van der Waals surface area contributed by atoms with Crippen molar-refractivity contribution >= 4 is 34.1 Å². The maximum atomic E-state index is 12.3. The molecule has 0 unspecified atom stereocenters. The van der Waals surface area contributed by atoms with Crippen molar-refractivity contribution in [2.75, 3.05) is 5.32 Å². The second kappa shape index (κ2) is 9.13. The summed E-state index contributed by atoms with van der Waals surface area (Å²) < 4.78 is 0. The van der Waals surface area contributed by atoms with E-state index in [1.54, 1.807) is 0 Å². The number of carbonyl (C=O) groups is 1. The molecule has 1 amide bonds. The number of anilines is 1. The Morgan fingerprint density at radius 1 is 1.04 bits per heavy atom. The number of hydrogen-bond acceptors (Lipinski definition) is 3. The number of hydrogen-bond donors (Lipinski definition) is 2. The molecule has 0 atom stereocenters. The maximum Gasteiger partial charge on any atom is 0.220 e. The number of fused-ring (bicyclic) bond motifs is 1. The van der Waals surface area contributed by atoms with Crippen LogP contribution in [0.2, 0.25) is 5.02 Å². The van der Waals surface area contributed by atoms with Gasteiger partial charge in [-0.1, -0.05) is 37.3 Å². The van der Waals surface area contributed by atoms with E-state index < -0.39 is 0 Å². The van der Waals surface area contributed by atoms with Crippen LogP contribution >= 0.6 is 11.6 Å². The van der Waals surface area contributed by atoms with Crippen LogP contribution in [0.3, 0.4) is 0 Å². The summed E-state index contributed by atoms with van der Waals surface area (Å²) >= 11 is 6.08. The predicted molar refractivity (Wildman–Crippen MR) is 116 cm³/mol. The van der Waals surface area contributed by atoms with Crippen LogP contribution in [0.25, 0.3) is 10.9 Å². The third-order valence-electron chi connectivity index (χ3n) is 6.41. The number of halogens is 1. The van der Waals surface area contributed by atoms with Gasteiger partial charge in [0.2, 0.25) is 5.91 Å². The Labute approximate surface area is 172 Å². The number of aromatic nitrogens is 1. The van der Waals surface area contributed by atoms with Crippen LogP contribution in [0.5, 0.6) is 0 Å². The van der Waals surface area contributed by atoms with E-state index in [2.05, 4.69) is 15.6 Å². The van der Waals surface area contributed by atoms with E-state index in [0.29, 0.717) is 23.5 Å². The van der Waals surface area contributed by atoms with Crippen LogP contribution < -0.4 is 10.6 Å². The standard InChI is InChI=1S/C23H30ClN3O/c24-17-6-11-20-21(13-14-25-22(20)15-17)26-18-7-9-19(10-8-18)27-23(28)12-5-16-3-1-2-4-16/h6,11,13-16,18-19H,1-5,7-10,12H2,(H,25,26)(H,27,28). The fourth-order valence-electron chi connectivity index (χ4n) is 4.78. The van der Waals surface area contributed by atoms with E-state index in [4.69, 9.17) is 11.6 Å². The lowest BCUT2D eigenvalue weighted by Crippen LogP contribution is -2.40. The zero-order valence-electron chi connectivity index (χ0n) is 16.4. The molecular formula is C23H30ClN3O. The molecule has 2 saturated carbocycles. The third kappa shape index (κ3) is 4.96. The van der Waals surface area contributed by atoms with E-state index in [1.165, 1.54) is 25.7 Å². The fraction of sp³-hybridized carbons (Fsp3) is 0.565. The molecule has 4 rings (SSSR count). The van der Waals surface area contributed by atoms with Gasteiger partial charge in [0.05, 0.1) is 5.52 Å². The predicted octanol–water partition coefficient (Wildman–Crippen LogP) is 5.70. The van der Waals surface area contributed by atoms with Crippen LogP contribution in [0, 0.1) is 5.92 Å². The topological polar surface area (TPSA) is 54.0 Å². The molecule has 0 bridgehead atoms. The summed E-state index contributed by atoms with van der Waals surface area (Å²) in [4.78, 5) is 16.7. The molecule has 1 aromatic heterocycles. The average Bonchev–Trinajstić information content (AvgIpc) is 3.21. The molecule has 4 nitrogen and oxygen atoms in total. The Morgan fingerprint density at radius 2 is 1.79 bits per heavy atom. The Hall–Kier alpha value is -1.81. The Bertz CT molecular complexity index is 811. The number of amides is 1. The van der Waals surface area contributed by atoms with E-state index in [1.807, 2.05) is 30.5 Å². The highest BCUT2D eigenvalue weighted by molar-refractivity contribution is 6.31. The molecule has 2 aromatic rings. The van der Waals surface area contributed by atoms with Crippen molar-refractivity contribution in [1.82, 2.24) is 10.3 Å². The van der Waals surface area contributed by atoms with Gasteiger partial charge in [-0.2, -0.15) is 0 Å². The summed E-state index contributed by atoms with van der Waals surface area (Å²) in [7, 11) is 0. The van der Waals surface area contributed by atoms with Crippen molar-refractivity contribution in [1.29, 1.82) is 0 Å². The number of benzene rings is 1. The molecule has 1 aromatic carbocycles. The molecule has 2 aliphatic rings. The SMILES string of the molecule is O=C(CCC1CCCC1)NC1CCC(Nc2ccnc3cc(Cl)ccc23)CC1. The lowest BCUT2D eigenvalue weighted by Gasteiger charge is -2.30. The molecule has 28 heavy (non-hydrogen) atoms. The largest absolute Gasteiger partial charge is 0.382 e. The smallest absolute Gasteiger partial charge is 0.220 e. The van der Waals surface area contributed by atoms with Gasteiger partial charge in [-0.15, -0.1) is 0 Å². The molecule has 2 N–H and O–H groups in total. The lowest BCUT2D eigenvalue weighted by atomic mass is 9.90. The molecule has 150 valence electrons. The Balaban J connectivity index is 1.25. The molecule has 0 spiro atoms. The van der Waals surface area contributed by atoms with Gasteiger partial charge in [0.15, 0.2) is 0 Å². The molecule has 2 aliphatic carbocycles. The highest BCUT2D eigenvalue weighted by Crippen LogP contribution is 2.30. The fourth-order valence-corrected chi connectivity index (χ4v) is 4.95. The zero-order chi connectivity index (χ0) is 19.3. The van der Waals surface area contributed by atoms with Gasteiger partial charge in [0.25, 0.3) is 0 Å². The monoisotopic (exact) mass is 399 g/mol. The van der Waals surface area contributed by atoms with Crippen molar-refractivity contribution in [3.05, 3.63) is 35.5 Å². The normalized spacial score (nSPS) is 23.0. The van der Waals surface area contributed by atoms with Crippen LogP contribution in [0.15, 0.2) is 30.5 Å². The first-order chi connectivity index (χ1) is 13.7. The van der Waals surface area contributed by atoms with Gasteiger partial charge < -0.3 is 10.6 Å². The summed E-state index contributed by atoms with van der Waals surface area (Å²) in [6.07, 6.45) is 13.2. The van der Waals surface area contributed by atoms with Crippen molar-refractivity contribution < 1.29 is 4.79 Å². The summed E-state index contributed by atoms with van der Waals surface area (Å²) in [6.45, 7) is 0. The summed E-state index contributed by atoms with van der Waals surface area (Å²) in [5.74, 6) is 1.04. The van der Waals surface area contributed by atoms with Crippen molar-refractivity contribution in [2.45, 2.75) is 76.3 Å². The molecule has 5 heteroatoms. The average molecular weight is 400 g/mol. The maximum absolute atomic E-state index is 12.3. The summed E-state index contributed by atoms with van der Waals surface area (Å²) in [5.41, 5.74) is 2.03. The van der Waals surface area contributed by atoms with Gasteiger partial charge in [0, 0.05) is 40.8 Å². The third-order valence-corrected chi connectivity index (χ3v) is 6.65. The number of nitrogens with zero attached hydrogens (tertiary/aromatic N) is 1. The highest BCUT2D eigenvalue weighted by atomic mass is 35.5. The Kier molecular flexibility index (Phi) is 6.36. The van der Waals surface area contributed by atoms with Gasteiger partial charge in [-0.05, 0) is 62.3 Å². The first kappa shape index (κ1) is 19.5.